The van der Waals surface area contributed by atoms with Gasteiger partial charge in [0.1, 0.15) is 18.0 Å². The molecule has 2 amide bonds. The molecule has 1 aromatic carbocycles. The van der Waals surface area contributed by atoms with Gasteiger partial charge >= 0.3 is 12.2 Å². The van der Waals surface area contributed by atoms with Crippen LogP contribution < -0.4 is 10.6 Å². The van der Waals surface area contributed by atoms with E-state index in [2.05, 4.69) is 10.6 Å². The van der Waals surface area contributed by atoms with Crippen LogP contribution in [0, 0.1) is 5.82 Å². The predicted molar refractivity (Wildman–Crippen MR) is 73.5 cm³/mol. The van der Waals surface area contributed by atoms with Crippen LogP contribution in [0.4, 0.5) is 19.7 Å². The van der Waals surface area contributed by atoms with Crippen molar-refractivity contribution in [3.63, 3.8) is 0 Å². The van der Waals surface area contributed by atoms with Crippen LogP contribution in [0.2, 0.25) is 0 Å². The molecule has 0 aliphatic carbocycles. The van der Waals surface area contributed by atoms with Gasteiger partial charge < -0.3 is 14.8 Å². The number of cyclic esters (lactones) is 1. The summed E-state index contributed by atoms with van der Waals surface area (Å²) in [5.74, 6) is -0.486. The molecule has 7 heteroatoms. The SMILES string of the molecule is CC(C)(C)OC(=O)Nc1ccc(F)c(C2COC(=O)N2)c1. The molecule has 1 fully saturated rings. The lowest BCUT2D eigenvalue weighted by atomic mass is 10.1. The second-order valence-corrected chi connectivity index (χ2v) is 5.66. The molecule has 1 atom stereocenters. The van der Waals surface area contributed by atoms with Crippen molar-refractivity contribution in [3.8, 4) is 0 Å². The smallest absolute Gasteiger partial charge is 0.412 e. The average Bonchev–Trinajstić information content (AvgIpc) is 2.76. The van der Waals surface area contributed by atoms with Crippen LogP contribution in [0.15, 0.2) is 18.2 Å². The number of carbonyl (C=O) groups is 2. The van der Waals surface area contributed by atoms with Crippen LogP contribution in [0.5, 0.6) is 0 Å². The van der Waals surface area contributed by atoms with Crippen molar-refractivity contribution in [2.75, 3.05) is 11.9 Å². The van der Waals surface area contributed by atoms with E-state index < -0.39 is 29.6 Å². The first-order valence-electron chi connectivity index (χ1n) is 6.47. The molecule has 0 radical (unpaired) electrons. The maximum absolute atomic E-state index is 13.8. The minimum absolute atomic E-state index is 0.0473. The number of hydrogen-bond donors (Lipinski definition) is 2. The van der Waals surface area contributed by atoms with E-state index in [1.807, 2.05) is 0 Å². The lowest BCUT2D eigenvalue weighted by Gasteiger charge is -2.20. The minimum atomic E-state index is -0.633. The van der Waals surface area contributed by atoms with E-state index in [1.54, 1.807) is 20.8 Å². The summed E-state index contributed by atoms with van der Waals surface area (Å²) in [7, 11) is 0. The fourth-order valence-electron chi connectivity index (χ4n) is 1.86. The summed E-state index contributed by atoms with van der Waals surface area (Å²) in [5.41, 5.74) is -0.00330. The first-order chi connectivity index (χ1) is 9.74. The number of carbonyl (C=O) groups excluding carboxylic acids is 2. The summed E-state index contributed by atoms with van der Waals surface area (Å²) in [6, 6.07) is 3.50. The number of benzene rings is 1. The zero-order valence-corrected chi connectivity index (χ0v) is 12.0. The van der Waals surface area contributed by atoms with E-state index in [0.717, 1.165) is 0 Å². The van der Waals surface area contributed by atoms with Crippen molar-refractivity contribution >= 4 is 17.9 Å². The fraction of sp³-hybridized carbons (Fsp3) is 0.429. The molecule has 0 aromatic heterocycles. The van der Waals surface area contributed by atoms with Crippen molar-refractivity contribution in [2.24, 2.45) is 0 Å². The zero-order chi connectivity index (χ0) is 15.6. The van der Waals surface area contributed by atoms with Crippen molar-refractivity contribution < 1.29 is 23.5 Å². The van der Waals surface area contributed by atoms with Gasteiger partial charge in [0.25, 0.3) is 0 Å². The van der Waals surface area contributed by atoms with E-state index in [9.17, 15) is 14.0 Å². The Balaban J connectivity index is 2.11. The van der Waals surface area contributed by atoms with Gasteiger partial charge in [0, 0.05) is 11.3 Å². The van der Waals surface area contributed by atoms with Gasteiger partial charge in [0.05, 0.1) is 6.04 Å². The number of halogens is 1. The van der Waals surface area contributed by atoms with Gasteiger partial charge in [0.15, 0.2) is 0 Å². The summed E-state index contributed by atoms with van der Waals surface area (Å²) < 4.78 is 23.7. The number of rotatable bonds is 2. The lowest BCUT2D eigenvalue weighted by Crippen LogP contribution is -2.27. The van der Waals surface area contributed by atoms with Gasteiger partial charge in [-0.1, -0.05) is 0 Å². The van der Waals surface area contributed by atoms with Gasteiger partial charge in [-0.2, -0.15) is 0 Å². The van der Waals surface area contributed by atoms with Crippen LogP contribution >= 0.6 is 0 Å². The van der Waals surface area contributed by atoms with Gasteiger partial charge in [-0.05, 0) is 39.0 Å². The standard InChI is InChI=1S/C14H17FN2O4/c1-14(2,3)21-13(19)16-8-4-5-10(15)9(6-8)11-7-20-12(18)17-11/h4-6,11H,7H2,1-3H3,(H,16,19)(H,17,18). The third-order valence-electron chi connectivity index (χ3n) is 2.69. The van der Waals surface area contributed by atoms with E-state index in [1.165, 1.54) is 18.2 Å². The van der Waals surface area contributed by atoms with Gasteiger partial charge in [0.2, 0.25) is 0 Å². The van der Waals surface area contributed by atoms with Crippen LogP contribution in [-0.2, 0) is 9.47 Å². The quantitative estimate of drug-likeness (QED) is 0.879. The van der Waals surface area contributed by atoms with Gasteiger partial charge in [-0.15, -0.1) is 0 Å². The molecule has 1 heterocycles. The highest BCUT2D eigenvalue weighted by molar-refractivity contribution is 5.85. The molecule has 0 bridgehead atoms. The van der Waals surface area contributed by atoms with Crippen LogP contribution in [0.25, 0.3) is 0 Å². The Kier molecular flexibility index (Phi) is 4.02. The molecule has 2 N–H and O–H groups in total. The molecule has 114 valence electrons. The molecular formula is C14H17FN2O4. The third-order valence-corrected chi connectivity index (χ3v) is 2.69. The van der Waals surface area contributed by atoms with Crippen LogP contribution in [-0.4, -0.2) is 24.4 Å². The van der Waals surface area contributed by atoms with Crippen LogP contribution in [0.3, 0.4) is 0 Å². The fourth-order valence-corrected chi connectivity index (χ4v) is 1.86. The van der Waals surface area contributed by atoms with E-state index in [0.29, 0.717) is 5.69 Å². The molecule has 0 saturated carbocycles. The molecular weight excluding hydrogens is 279 g/mol. The van der Waals surface area contributed by atoms with Crippen molar-refractivity contribution in [1.82, 2.24) is 5.32 Å². The molecule has 1 unspecified atom stereocenters. The number of ether oxygens (including phenoxy) is 2. The topological polar surface area (TPSA) is 76.7 Å². The second kappa shape index (κ2) is 5.59. The summed E-state index contributed by atoms with van der Waals surface area (Å²) >= 11 is 0. The third kappa shape index (κ3) is 4.08. The van der Waals surface area contributed by atoms with Crippen LogP contribution in [0.1, 0.15) is 32.4 Å². The summed E-state index contributed by atoms with van der Waals surface area (Å²) in [6.45, 7) is 5.28. The lowest BCUT2D eigenvalue weighted by molar-refractivity contribution is 0.0636. The summed E-state index contributed by atoms with van der Waals surface area (Å²) in [6.07, 6.45) is -1.23. The molecule has 0 spiro atoms. The predicted octanol–water partition coefficient (Wildman–Crippen LogP) is 2.95. The largest absolute Gasteiger partial charge is 0.447 e. The number of nitrogens with one attached hydrogen (secondary N) is 2. The highest BCUT2D eigenvalue weighted by Crippen LogP contribution is 2.24. The van der Waals surface area contributed by atoms with E-state index in [-0.39, 0.29) is 12.2 Å². The van der Waals surface area contributed by atoms with Gasteiger partial charge in [-0.3, -0.25) is 5.32 Å². The Morgan fingerprint density at radius 2 is 2.19 bits per heavy atom. The second-order valence-electron chi connectivity index (χ2n) is 5.66. The number of anilines is 1. The van der Waals surface area contributed by atoms with Crippen molar-refractivity contribution in [2.45, 2.75) is 32.4 Å². The number of alkyl carbamates (subject to hydrolysis) is 1. The first kappa shape index (κ1) is 15.1. The molecule has 1 saturated heterocycles. The van der Waals surface area contributed by atoms with Crippen molar-refractivity contribution in [1.29, 1.82) is 0 Å². The highest BCUT2D eigenvalue weighted by Gasteiger charge is 2.26. The van der Waals surface area contributed by atoms with E-state index in [4.69, 9.17) is 9.47 Å². The Morgan fingerprint density at radius 3 is 2.76 bits per heavy atom. The molecule has 1 aliphatic heterocycles. The zero-order valence-electron chi connectivity index (χ0n) is 12.0. The Labute approximate surface area is 121 Å². The summed E-state index contributed by atoms with van der Waals surface area (Å²) in [4.78, 5) is 22.7. The summed E-state index contributed by atoms with van der Waals surface area (Å²) in [5, 5.41) is 5.00. The Hall–Kier alpha value is -2.31. The van der Waals surface area contributed by atoms with Crippen molar-refractivity contribution in [3.05, 3.63) is 29.6 Å². The maximum atomic E-state index is 13.8. The van der Waals surface area contributed by atoms with Gasteiger partial charge in [-0.25, -0.2) is 14.0 Å². The molecule has 6 nitrogen and oxygen atoms in total. The normalized spacial score (nSPS) is 17.9. The minimum Gasteiger partial charge on any atom is -0.447 e. The average molecular weight is 296 g/mol. The number of hydrogen-bond acceptors (Lipinski definition) is 4. The number of amides is 2. The molecule has 1 aromatic rings. The van der Waals surface area contributed by atoms with E-state index >= 15 is 0 Å². The monoisotopic (exact) mass is 296 g/mol. The molecule has 21 heavy (non-hydrogen) atoms. The molecule has 2 rings (SSSR count). The Bertz CT molecular complexity index is 569. The molecule has 1 aliphatic rings. The Morgan fingerprint density at radius 1 is 1.48 bits per heavy atom. The first-order valence-corrected chi connectivity index (χ1v) is 6.47. The maximum Gasteiger partial charge on any atom is 0.412 e. The highest BCUT2D eigenvalue weighted by atomic mass is 19.1.